The minimum atomic E-state index is -0.631. The van der Waals surface area contributed by atoms with Gasteiger partial charge in [0.25, 0.3) is 5.91 Å². The molecular weight excluding hydrogens is 472 g/mol. The van der Waals surface area contributed by atoms with Crippen molar-refractivity contribution >= 4 is 39.0 Å². The number of ketones is 1. The molecule has 2 aromatic heterocycles. The lowest BCUT2D eigenvalue weighted by Crippen LogP contribution is -2.34. The number of amides is 1. The highest BCUT2D eigenvalue weighted by atomic mass is 32.1. The number of hydrogen-bond donors (Lipinski definition) is 1. The molecule has 7 nitrogen and oxygen atoms in total. The van der Waals surface area contributed by atoms with E-state index in [1.165, 1.54) is 11.3 Å². The van der Waals surface area contributed by atoms with E-state index >= 15 is 0 Å². The molecule has 0 aliphatic carbocycles. The van der Waals surface area contributed by atoms with Crippen LogP contribution in [0.5, 0.6) is 0 Å². The molecule has 186 valence electrons. The zero-order chi connectivity index (χ0) is 25.4. The van der Waals surface area contributed by atoms with Gasteiger partial charge in [0.2, 0.25) is 5.78 Å². The Labute approximate surface area is 214 Å². The first-order valence-electron chi connectivity index (χ1n) is 12.4. The van der Waals surface area contributed by atoms with E-state index in [0.717, 1.165) is 48.3 Å². The lowest BCUT2D eigenvalue weighted by molar-refractivity contribution is -0.129. The third kappa shape index (κ3) is 4.00. The van der Waals surface area contributed by atoms with Gasteiger partial charge in [-0.2, -0.15) is 0 Å². The predicted octanol–water partition coefficient (Wildman–Crippen LogP) is 5.17. The summed E-state index contributed by atoms with van der Waals surface area (Å²) in [6, 6.07) is 16.7. The number of aliphatic hydroxyl groups excluding tert-OH is 1. The third-order valence-electron chi connectivity index (χ3n) is 7.03. The van der Waals surface area contributed by atoms with Crippen LogP contribution in [0.4, 0.5) is 0 Å². The SMILES string of the molecule is CCN(CC)CCCN1C(=O)C(O)=C(C(=O)c2sc3nc4ccccc4n3c2C)C1c1ccccc1. The quantitative estimate of drug-likeness (QED) is 0.320. The number of nitrogens with zero attached hydrogens (tertiary/aromatic N) is 4. The summed E-state index contributed by atoms with van der Waals surface area (Å²) in [6.45, 7) is 9.29. The molecule has 0 saturated carbocycles. The average Bonchev–Trinajstić information content (AvgIpc) is 3.51. The summed E-state index contributed by atoms with van der Waals surface area (Å²) in [4.78, 5) is 37.1. The maximum atomic E-state index is 14.0. The summed E-state index contributed by atoms with van der Waals surface area (Å²) in [6.07, 6.45) is 0.753. The predicted molar refractivity (Wildman–Crippen MR) is 143 cm³/mol. The molecular formula is C28H30N4O3S. The second-order valence-corrected chi connectivity index (χ2v) is 10.00. The Kier molecular flexibility index (Phi) is 6.64. The molecule has 0 bridgehead atoms. The zero-order valence-corrected chi connectivity index (χ0v) is 21.6. The van der Waals surface area contributed by atoms with E-state index in [4.69, 9.17) is 0 Å². The summed E-state index contributed by atoms with van der Waals surface area (Å²) >= 11 is 1.29. The van der Waals surface area contributed by atoms with Crippen molar-refractivity contribution in [3.05, 3.63) is 82.1 Å². The number of para-hydroxylation sites is 2. The van der Waals surface area contributed by atoms with Crippen LogP contribution in [0, 0.1) is 6.92 Å². The van der Waals surface area contributed by atoms with Crippen LogP contribution in [0.25, 0.3) is 16.0 Å². The van der Waals surface area contributed by atoms with Crippen LogP contribution in [0.1, 0.15) is 47.2 Å². The van der Waals surface area contributed by atoms with E-state index in [2.05, 4.69) is 23.7 Å². The van der Waals surface area contributed by atoms with Crippen LogP contribution in [0.2, 0.25) is 0 Å². The molecule has 36 heavy (non-hydrogen) atoms. The molecule has 1 unspecified atom stereocenters. The second-order valence-electron chi connectivity index (χ2n) is 9.02. The smallest absolute Gasteiger partial charge is 0.290 e. The number of thiazole rings is 1. The molecule has 1 N–H and O–H groups in total. The molecule has 8 heteroatoms. The molecule has 0 radical (unpaired) electrons. The van der Waals surface area contributed by atoms with Crippen molar-refractivity contribution in [3.63, 3.8) is 0 Å². The van der Waals surface area contributed by atoms with Crippen LogP contribution in [0.15, 0.2) is 65.9 Å². The number of aryl methyl sites for hydroxylation is 1. The number of fused-ring (bicyclic) bond motifs is 3. The number of hydrogen-bond acceptors (Lipinski definition) is 6. The normalized spacial score (nSPS) is 16.3. The Morgan fingerprint density at radius 2 is 1.78 bits per heavy atom. The summed E-state index contributed by atoms with van der Waals surface area (Å²) in [5, 5.41) is 11.0. The molecule has 2 aromatic carbocycles. The monoisotopic (exact) mass is 502 g/mol. The van der Waals surface area contributed by atoms with Gasteiger partial charge in [0, 0.05) is 12.2 Å². The van der Waals surface area contributed by atoms with E-state index in [9.17, 15) is 14.7 Å². The van der Waals surface area contributed by atoms with Gasteiger partial charge in [0.1, 0.15) is 0 Å². The van der Waals surface area contributed by atoms with Crippen molar-refractivity contribution in [2.45, 2.75) is 33.2 Å². The molecule has 1 amide bonds. The molecule has 0 fully saturated rings. The number of carbonyl (C=O) groups excluding carboxylic acids is 2. The van der Waals surface area contributed by atoms with Crippen LogP contribution in [-0.4, -0.2) is 62.2 Å². The summed E-state index contributed by atoms with van der Waals surface area (Å²) in [7, 11) is 0. The van der Waals surface area contributed by atoms with Crippen molar-refractivity contribution in [1.29, 1.82) is 0 Å². The van der Waals surface area contributed by atoms with E-state index in [1.54, 1.807) is 4.90 Å². The maximum Gasteiger partial charge on any atom is 0.290 e. The number of carbonyl (C=O) groups is 2. The number of rotatable bonds is 9. The van der Waals surface area contributed by atoms with E-state index in [1.807, 2.05) is 65.9 Å². The van der Waals surface area contributed by atoms with Crippen LogP contribution in [0.3, 0.4) is 0 Å². The number of Topliss-reactive ketones (excluding diaryl/α,β-unsaturated/α-hetero) is 1. The number of imidazole rings is 1. The van der Waals surface area contributed by atoms with Gasteiger partial charge in [0.15, 0.2) is 10.7 Å². The van der Waals surface area contributed by atoms with Crippen molar-refractivity contribution in [2.24, 2.45) is 0 Å². The summed E-state index contributed by atoms with van der Waals surface area (Å²) in [5.41, 5.74) is 3.51. The minimum absolute atomic E-state index is 0.144. The fourth-order valence-electron chi connectivity index (χ4n) is 5.10. The van der Waals surface area contributed by atoms with Crippen LogP contribution >= 0.6 is 11.3 Å². The Bertz CT molecular complexity index is 1470. The lowest BCUT2D eigenvalue weighted by Gasteiger charge is -2.28. The minimum Gasteiger partial charge on any atom is -0.503 e. The van der Waals surface area contributed by atoms with Crippen LogP contribution in [-0.2, 0) is 4.79 Å². The average molecular weight is 503 g/mol. The van der Waals surface area contributed by atoms with Gasteiger partial charge in [0.05, 0.1) is 27.5 Å². The van der Waals surface area contributed by atoms with Gasteiger partial charge in [-0.1, -0.05) is 67.6 Å². The Hall–Kier alpha value is -3.49. The van der Waals surface area contributed by atoms with E-state index in [0.29, 0.717) is 16.4 Å². The number of aromatic nitrogens is 2. The molecule has 4 aromatic rings. The van der Waals surface area contributed by atoms with Gasteiger partial charge < -0.3 is 14.9 Å². The molecule has 0 spiro atoms. The zero-order valence-electron chi connectivity index (χ0n) is 20.8. The fraction of sp³-hybridized carbons (Fsp3) is 0.321. The standard InChI is InChI=1S/C28H30N4O3S/c1-4-30(5-2)16-11-17-31-23(19-12-7-6-8-13-19)22(25(34)27(31)35)24(33)26-18(3)32-21-15-10-9-14-20(21)29-28(32)36-26/h6-10,12-15,23,34H,4-5,11,16-17H2,1-3H3. The van der Waals surface area contributed by atoms with E-state index in [-0.39, 0.29) is 11.4 Å². The highest BCUT2D eigenvalue weighted by Crippen LogP contribution is 2.41. The van der Waals surface area contributed by atoms with Gasteiger partial charge in [-0.05, 0) is 50.7 Å². The van der Waals surface area contributed by atoms with Gasteiger partial charge in [-0.25, -0.2) is 4.98 Å². The summed E-state index contributed by atoms with van der Waals surface area (Å²) in [5.74, 6) is -1.26. The molecule has 3 heterocycles. The fourth-order valence-corrected chi connectivity index (χ4v) is 6.19. The largest absolute Gasteiger partial charge is 0.503 e. The van der Waals surface area contributed by atoms with Gasteiger partial charge in [-0.3, -0.25) is 14.0 Å². The van der Waals surface area contributed by atoms with Crippen molar-refractivity contribution in [1.82, 2.24) is 19.2 Å². The Morgan fingerprint density at radius 1 is 1.08 bits per heavy atom. The third-order valence-corrected chi connectivity index (χ3v) is 8.17. The highest BCUT2D eigenvalue weighted by molar-refractivity contribution is 7.19. The van der Waals surface area contributed by atoms with Crippen LogP contribution < -0.4 is 0 Å². The highest BCUT2D eigenvalue weighted by Gasteiger charge is 2.44. The molecule has 5 rings (SSSR count). The second kappa shape index (κ2) is 9.87. The Morgan fingerprint density at radius 3 is 2.50 bits per heavy atom. The van der Waals surface area contributed by atoms with Crippen molar-refractivity contribution in [2.75, 3.05) is 26.2 Å². The first-order chi connectivity index (χ1) is 17.5. The maximum absolute atomic E-state index is 14.0. The molecule has 1 aliphatic heterocycles. The van der Waals surface area contributed by atoms with Crippen molar-refractivity contribution in [3.8, 4) is 0 Å². The van der Waals surface area contributed by atoms with Crippen molar-refractivity contribution < 1.29 is 14.7 Å². The first kappa shape index (κ1) is 24.2. The molecule has 1 atom stereocenters. The van der Waals surface area contributed by atoms with Gasteiger partial charge >= 0.3 is 0 Å². The molecule has 0 saturated heterocycles. The van der Waals surface area contributed by atoms with E-state index < -0.39 is 17.7 Å². The van der Waals surface area contributed by atoms with Gasteiger partial charge in [-0.15, -0.1) is 0 Å². The number of benzene rings is 2. The summed E-state index contributed by atoms with van der Waals surface area (Å²) < 4.78 is 1.97. The first-order valence-corrected chi connectivity index (χ1v) is 13.2. The number of aliphatic hydroxyl groups is 1. The Balaban J connectivity index is 1.53. The topological polar surface area (TPSA) is 78.2 Å². The lowest BCUT2D eigenvalue weighted by atomic mass is 9.95. The molecule has 1 aliphatic rings.